The molecule has 1 aromatic rings. The Balaban J connectivity index is 2.09. The SMILES string of the molecule is CC(=O)N1CCC(C(=O)O[C@H](c2c(Cl)cccc2Cl)C(C)C)CC1. The Labute approximate surface area is 153 Å². The van der Waals surface area contributed by atoms with Gasteiger partial charge in [-0.2, -0.15) is 0 Å². The van der Waals surface area contributed by atoms with Gasteiger partial charge in [-0.3, -0.25) is 9.59 Å². The predicted octanol–water partition coefficient (Wildman–Crippen LogP) is 4.49. The fraction of sp³-hybridized carbons (Fsp3) is 0.556. The smallest absolute Gasteiger partial charge is 0.309 e. The first-order chi connectivity index (χ1) is 11.3. The number of halogens is 2. The minimum absolute atomic E-state index is 0.0451. The molecule has 1 aliphatic rings. The summed E-state index contributed by atoms with van der Waals surface area (Å²) < 4.78 is 5.78. The van der Waals surface area contributed by atoms with Crippen LogP contribution in [0.4, 0.5) is 0 Å². The maximum Gasteiger partial charge on any atom is 0.309 e. The molecule has 24 heavy (non-hydrogen) atoms. The van der Waals surface area contributed by atoms with Crippen molar-refractivity contribution in [1.29, 1.82) is 0 Å². The van der Waals surface area contributed by atoms with Gasteiger partial charge in [0.15, 0.2) is 0 Å². The Bertz CT molecular complexity index is 590. The molecule has 0 N–H and O–H groups in total. The van der Waals surface area contributed by atoms with E-state index in [0.29, 0.717) is 41.5 Å². The molecule has 6 heteroatoms. The zero-order valence-corrected chi connectivity index (χ0v) is 15.7. The molecule has 1 heterocycles. The zero-order chi connectivity index (χ0) is 17.9. The summed E-state index contributed by atoms with van der Waals surface area (Å²) in [6.45, 7) is 6.67. The normalized spacial score (nSPS) is 17.0. The molecule has 2 rings (SSSR count). The van der Waals surface area contributed by atoms with Gasteiger partial charge in [-0.05, 0) is 30.9 Å². The van der Waals surface area contributed by atoms with E-state index in [2.05, 4.69) is 0 Å². The lowest BCUT2D eigenvalue weighted by Crippen LogP contribution is -2.39. The van der Waals surface area contributed by atoms with Gasteiger partial charge in [-0.25, -0.2) is 0 Å². The molecular weight excluding hydrogens is 349 g/mol. The largest absolute Gasteiger partial charge is 0.457 e. The van der Waals surface area contributed by atoms with E-state index in [1.807, 2.05) is 13.8 Å². The number of esters is 1. The highest BCUT2D eigenvalue weighted by molar-refractivity contribution is 6.36. The third kappa shape index (κ3) is 4.42. The fourth-order valence-electron chi connectivity index (χ4n) is 2.96. The van der Waals surface area contributed by atoms with Crippen LogP contribution in [0.3, 0.4) is 0 Å². The minimum Gasteiger partial charge on any atom is -0.457 e. The number of hydrogen-bond donors (Lipinski definition) is 0. The monoisotopic (exact) mass is 371 g/mol. The van der Waals surface area contributed by atoms with Crippen molar-refractivity contribution in [1.82, 2.24) is 4.90 Å². The number of nitrogens with zero attached hydrogens (tertiary/aromatic N) is 1. The molecule has 0 radical (unpaired) electrons. The Morgan fingerprint density at radius 1 is 1.17 bits per heavy atom. The molecule has 0 aliphatic carbocycles. The molecule has 1 aliphatic heterocycles. The number of hydrogen-bond acceptors (Lipinski definition) is 3. The maximum absolute atomic E-state index is 12.6. The lowest BCUT2D eigenvalue weighted by atomic mass is 9.95. The lowest BCUT2D eigenvalue weighted by Gasteiger charge is -2.32. The number of benzene rings is 1. The maximum atomic E-state index is 12.6. The van der Waals surface area contributed by atoms with Gasteiger partial charge in [-0.1, -0.05) is 43.1 Å². The van der Waals surface area contributed by atoms with Crippen LogP contribution in [0.1, 0.15) is 45.3 Å². The number of piperidine rings is 1. The third-order valence-corrected chi connectivity index (χ3v) is 5.07. The lowest BCUT2D eigenvalue weighted by molar-refractivity contribution is -0.159. The highest BCUT2D eigenvalue weighted by Crippen LogP contribution is 2.37. The molecule has 132 valence electrons. The molecule has 0 spiro atoms. The van der Waals surface area contributed by atoms with Crippen LogP contribution in [0.15, 0.2) is 18.2 Å². The van der Waals surface area contributed by atoms with Crippen LogP contribution >= 0.6 is 23.2 Å². The van der Waals surface area contributed by atoms with Gasteiger partial charge in [0, 0.05) is 35.6 Å². The van der Waals surface area contributed by atoms with Crippen LogP contribution < -0.4 is 0 Å². The van der Waals surface area contributed by atoms with Crippen molar-refractivity contribution in [3.63, 3.8) is 0 Å². The summed E-state index contributed by atoms with van der Waals surface area (Å²) in [6, 6.07) is 5.26. The summed E-state index contributed by atoms with van der Waals surface area (Å²) in [4.78, 5) is 25.7. The molecule has 1 amide bonds. The van der Waals surface area contributed by atoms with E-state index in [-0.39, 0.29) is 23.7 Å². The number of carbonyl (C=O) groups excluding carboxylic acids is 2. The Hall–Kier alpha value is -1.26. The average Bonchev–Trinajstić information content (AvgIpc) is 2.53. The van der Waals surface area contributed by atoms with Crippen molar-refractivity contribution in [2.24, 2.45) is 11.8 Å². The fourth-order valence-corrected chi connectivity index (χ4v) is 3.57. The number of amides is 1. The number of rotatable bonds is 4. The summed E-state index contributed by atoms with van der Waals surface area (Å²) in [5, 5.41) is 1.00. The number of carbonyl (C=O) groups is 2. The molecule has 0 saturated carbocycles. The van der Waals surface area contributed by atoms with Crippen LogP contribution in [-0.2, 0) is 14.3 Å². The zero-order valence-electron chi connectivity index (χ0n) is 14.2. The second-order valence-electron chi connectivity index (χ2n) is 6.52. The molecule has 1 saturated heterocycles. The van der Waals surface area contributed by atoms with Gasteiger partial charge in [0.2, 0.25) is 5.91 Å². The first-order valence-corrected chi connectivity index (χ1v) is 8.96. The van der Waals surface area contributed by atoms with Crippen molar-refractivity contribution in [2.75, 3.05) is 13.1 Å². The molecule has 1 aromatic carbocycles. The quantitative estimate of drug-likeness (QED) is 0.732. The van der Waals surface area contributed by atoms with Crippen molar-refractivity contribution in [3.05, 3.63) is 33.8 Å². The van der Waals surface area contributed by atoms with Crippen LogP contribution in [0.25, 0.3) is 0 Å². The number of ether oxygens (including phenoxy) is 1. The van der Waals surface area contributed by atoms with E-state index in [4.69, 9.17) is 27.9 Å². The molecule has 0 aromatic heterocycles. The van der Waals surface area contributed by atoms with E-state index in [1.54, 1.807) is 30.0 Å². The second-order valence-corrected chi connectivity index (χ2v) is 7.33. The molecule has 1 atom stereocenters. The van der Waals surface area contributed by atoms with Crippen molar-refractivity contribution < 1.29 is 14.3 Å². The predicted molar refractivity (Wildman–Crippen MR) is 95.1 cm³/mol. The van der Waals surface area contributed by atoms with E-state index in [0.717, 1.165) is 0 Å². The summed E-state index contributed by atoms with van der Waals surface area (Å²) >= 11 is 12.5. The van der Waals surface area contributed by atoms with E-state index in [9.17, 15) is 9.59 Å². The summed E-state index contributed by atoms with van der Waals surface area (Å²) in [5.74, 6) is -0.343. The van der Waals surface area contributed by atoms with Gasteiger partial charge >= 0.3 is 5.97 Å². The summed E-state index contributed by atoms with van der Waals surface area (Å²) in [6.07, 6.45) is 0.767. The van der Waals surface area contributed by atoms with Gasteiger partial charge in [0.1, 0.15) is 6.10 Å². The van der Waals surface area contributed by atoms with Gasteiger partial charge in [0.25, 0.3) is 0 Å². The minimum atomic E-state index is -0.482. The highest BCUT2D eigenvalue weighted by atomic mass is 35.5. The van der Waals surface area contributed by atoms with Crippen LogP contribution in [-0.4, -0.2) is 29.9 Å². The van der Waals surface area contributed by atoms with Gasteiger partial charge in [0.05, 0.1) is 5.92 Å². The van der Waals surface area contributed by atoms with Crippen LogP contribution in [0, 0.1) is 11.8 Å². The van der Waals surface area contributed by atoms with Gasteiger partial charge in [-0.15, -0.1) is 0 Å². The average molecular weight is 372 g/mol. The standard InChI is InChI=1S/C18H23Cl2NO3/c1-11(2)17(16-14(19)5-4-6-15(16)20)24-18(23)13-7-9-21(10-8-13)12(3)22/h4-6,11,13,17H,7-10H2,1-3H3/t17-/m0/s1. The van der Waals surface area contributed by atoms with E-state index < -0.39 is 6.10 Å². The van der Waals surface area contributed by atoms with Crippen molar-refractivity contribution in [3.8, 4) is 0 Å². The molecule has 1 fully saturated rings. The van der Waals surface area contributed by atoms with Gasteiger partial charge < -0.3 is 9.64 Å². The molecular formula is C18H23Cl2NO3. The molecule has 4 nitrogen and oxygen atoms in total. The summed E-state index contributed by atoms with van der Waals surface area (Å²) in [5.41, 5.74) is 0.658. The number of likely N-dealkylation sites (tertiary alicyclic amines) is 1. The van der Waals surface area contributed by atoms with Crippen molar-refractivity contribution in [2.45, 2.75) is 39.7 Å². The summed E-state index contributed by atoms with van der Waals surface area (Å²) in [7, 11) is 0. The van der Waals surface area contributed by atoms with Crippen molar-refractivity contribution >= 4 is 35.1 Å². The Morgan fingerprint density at radius 3 is 2.17 bits per heavy atom. The Morgan fingerprint density at radius 2 is 1.71 bits per heavy atom. The second kappa shape index (κ2) is 8.21. The highest BCUT2D eigenvalue weighted by Gasteiger charge is 2.31. The van der Waals surface area contributed by atoms with Crippen LogP contribution in [0.2, 0.25) is 10.0 Å². The first kappa shape index (κ1) is 19.1. The molecule has 0 unspecified atom stereocenters. The van der Waals surface area contributed by atoms with E-state index in [1.165, 1.54) is 0 Å². The third-order valence-electron chi connectivity index (χ3n) is 4.41. The molecule has 0 bridgehead atoms. The first-order valence-electron chi connectivity index (χ1n) is 8.21. The Kier molecular flexibility index (Phi) is 6.53. The topological polar surface area (TPSA) is 46.6 Å². The van der Waals surface area contributed by atoms with Crippen LogP contribution in [0.5, 0.6) is 0 Å². The van der Waals surface area contributed by atoms with E-state index >= 15 is 0 Å².